The number of benzene rings is 1. The van der Waals surface area contributed by atoms with Crippen LogP contribution in [0.2, 0.25) is 0 Å². The van der Waals surface area contributed by atoms with E-state index < -0.39 is 22.0 Å². The zero-order chi connectivity index (χ0) is 14.2. The largest absolute Gasteiger partial charge is 0.480 e. The molecule has 6 nitrogen and oxygen atoms in total. The van der Waals surface area contributed by atoms with Gasteiger partial charge >= 0.3 is 5.97 Å². The van der Waals surface area contributed by atoms with Crippen molar-refractivity contribution in [3.05, 3.63) is 22.7 Å². The molecule has 0 unspecified atom stereocenters. The van der Waals surface area contributed by atoms with E-state index in [9.17, 15) is 13.2 Å². The van der Waals surface area contributed by atoms with E-state index in [0.717, 1.165) is 4.31 Å². The quantitative estimate of drug-likeness (QED) is 0.801. The zero-order valence-corrected chi connectivity index (χ0v) is 12.3. The Labute approximate surface area is 119 Å². The molecule has 1 heterocycles. The minimum Gasteiger partial charge on any atom is -0.480 e. The number of sulfonamides is 1. The van der Waals surface area contributed by atoms with Gasteiger partial charge in [0.15, 0.2) is 0 Å². The Hall–Kier alpha value is -1.12. The third kappa shape index (κ3) is 2.60. The summed E-state index contributed by atoms with van der Waals surface area (Å²) in [5.74, 6) is -1.13. The second kappa shape index (κ2) is 5.10. The van der Waals surface area contributed by atoms with E-state index in [1.165, 1.54) is 12.1 Å². The number of rotatable bonds is 3. The molecular weight excluding hydrogens is 336 g/mol. The number of nitrogens with two attached hydrogens (primary N) is 1. The van der Waals surface area contributed by atoms with Crippen LogP contribution in [0, 0.1) is 0 Å². The fourth-order valence-electron chi connectivity index (χ4n) is 2.16. The van der Waals surface area contributed by atoms with Gasteiger partial charge in [-0.05, 0) is 31.0 Å². The molecule has 0 radical (unpaired) electrons. The first kappa shape index (κ1) is 14.3. The van der Waals surface area contributed by atoms with Gasteiger partial charge in [0.2, 0.25) is 10.0 Å². The molecule has 1 fully saturated rings. The molecule has 0 spiro atoms. The molecule has 0 aromatic heterocycles. The molecule has 0 aliphatic carbocycles. The van der Waals surface area contributed by atoms with Gasteiger partial charge in [-0.25, -0.2) is 8.42 Å². The summed E-state index contributed by atoms with van der Waals surface area (Å²) in [6.45, 7) is 0.203. The smallest absolute Gasteiger partial charge is 0.322 e. The number of aliphatic carboxylic acids is 1. The molecule has 1 atom stereocenters. The first-order chi connectivity index (χ1) is 8.84. The molecular formula is C11H13BrN2O4S. The Morgan fingerprint density at radius 3 is 2.74 bits per heavy atom. The van der Waals surface area contributed by atoms with E-state index >= 15 is 0 Å². The van der Waals surface area contributed by atoms with E-state index in [4.69, 9.17) is 10.8 Å². The van der Waals surface area contributed by atoms with Crippen molar-refractivity contribution < 1.29 is 18.3 Å². The van der Waals surface area contributed by atoms with Gasteiger partial charge in [-0.1, -0.05) is 15.9 Å². The van der Waals surface area contributed by atoms with Gasteiger partial charge < -0.3 is 10.8 Å². The molecule has 0 bridgehead atoms. The first-order valence-corrected chi connectivity index (χ1v) is 7.87. The van der Waals surface area contributed by atoms with Crippen LogP contribution < -0.4 is 5.73 Å². The maximum absolute atomic E-state index is 12.4. The number of carboxylic acid groups (broad SMARTS) is 1. The Morgan fingerprint density at radius 2 is 2.16 bits per heavy atom. The van der Waals surface area contributed by atoms with Gasteiger partial charge in [-0.15, -0.1) is 0 Å². The van der Waals surface area contributed by atoms with Gasteiger partial charge in [0.05, 0.1) is 5.69 Å². The molecule has 0 amide bonds. The highest BCUT2D eigenvalue weighted by Crippen LogP contribution is 2.30. The summed E-state index contributed by atoms with van der Waals surface area (Å²) in [7, 11) is -3.87. The lowest BCUT2D eigenvalue weighted by atomic mass is 10.2. The summed E-state index contributed by atoms with van der Waals surface area (Å²) in [6, 6.07) is 3.42. The summed E-state index contributed by atoms with van der Waals surface area (Å²) in [5.41, 5.74) is 5.82. The molecule has 19 heavy (non-hydrogen) atoms. The van der Waals surface area contributed by atoms with E-state index in [0.29, 0.717) is 17.3 Å². The fraction of sp³-hybridized carbons (Fsp3) is 0.364. The molecule has 1 aromatic carbocycles. The lowest BCUT2D eigenvalue weighted by Gasteiger charge is -2.21. The van der Waals surface area contributed by atoms with Crippen LogP contribution in [0.25, 0.3) is 0 Å². The zero-order valence-electron chi connectivity index (χ0n) is 9.91. The molecule has 1 aromatic rings. The van der Waals surface area contributed by atoms with Crippen molar-refractivity contribution in [3.8, 4) is 0 Å². The number of carbonyl (C=O) groups is 1. The van der Waals surface area contributed by atoms with Crippen molar-refractivity contribution in [2.24, 2.45) is 0 Å². The van der Waals surface area contributed by atoms with Gasteiger partial charge in [0.25, 0.3) is 0 Å². The summed E-state index contributed by atoms with van der Waals surface area (Å²) in [6.07, 6.45) is 0.859. The van der Waals surface area contributed by atoms with Crippen LogP contribution in [0.5, 0.6) is 0 Å². The van der Waals surface area contributed by atoms with Crippen LogP contribution in [0.3, 0.4) is 0 Å². The van der Waals surface area contributed by atoms with Gasteiger partial charge in [0.1, 0.15) is 10.9 Å². The minimum absolute atomic E-state index is 0.0520. The predicted octanol–water partition coefficient (Wildman–Crippen LogP) is 1.27. The Morgan fingerprint density at radius 1 is 1.47 bits per heavy atom. The first-order valence-electron chi connectivity index (χ1n) is 5.63. The van der Waals surface area contributed by atoms with Crippen molar-refractivity contribution in [3.63, 3.8) is 0 Å². The van der Waals surface area contributed by atoms with E-state index in [1.807, 2.05) is 0 Å². The van der Waals surface area contributed by atoms with Crippen molar-refractivity contribution in [2.45, 2.75) is 23.8 Å². The van der Waals surface area contributed by atoms with Crippen molar-refractivity contribution in [1.82, 2.24) is 4.31 Å². The molecule has 8 heteroatoms. The Kier molecular flexibility index (Phi) is 3.84. The van der Waals surface area contributed by atoms with Crippen LogP contribution in [0.15, 0.2) is 27.6 Å². The number of hydrogen-bond donors (Lipinski definition) is 2. The standard InChI is InChI=1S/C11H13BrN2O4S/c12-7-3-4-10(8(13)6-7)19(17,18)14-5-1-2-9(14)11(15)16/h3-4,6,9H,1-2,5,13H2,(H,15,16)/t9-/m0/s1. The third-order valence-corrected chi connectivity index (χ3v) is 5.52. The fourth-order valence-corrected chi connectivity index (χ4v) is 4.28. The normalized spacial score (nSPS) is 20.6. The van der Waals surface area contributed by atoms with Crippen LogP contribution in [-0.4, -0.2) is 36.4 Å². The Balaban J connectivity index is 2.45. The molecule has 2 rings (SSSR count). The van der Waals surface area contributed by atoms with Crippen molar-refractivity contribution in [2.75, 3.05) is 12.3 Å². The third-order valence-electron chi connectivity index (χ3n) is 3.05. The number of carboxylic acids is 1. The van der Waals surface area contributed by atoms with E-state index in [-0.39, 0.29) is 17.1 Å². The van der Waals surface area contributed by atoms with Crippen LogP contribution in [0.1, 0.15) is 12.8 Å². The minimum atomic E-state index is -3.87. The lowest BCUT2D eigenvalue weighted by Crippen LogP contribution is -2.40. The monoisotopic (exact) mass is 348 g/mol. The van der Waals surface area contributed by atoms with Crippen LogP contribution >= 0.6 is 15.9 Å². The maximum Gasteiger partial charge on any atom is 0.322 e. The summed E-state index contributed by atoms with van der Waals surface area (Å²) >= 11 is 3.20. The molecule has 1 saturated heterocycles. The van der Waals surface area contributed by atoms with Gasteiger partial charge in [-0.2, -0.15) is 4.31 Å². The van der Waals surface area contributed by atoms with E-state index in [1.54, 1.807) is 6.07 Å². The summed E-state index contributed by atoms with van der Waals surface area (Å²) in [5, 5.41) is 9.06. The second-order valence-electron chi connectivity index (χ2n) is 4.29. The maximum atomic E-state index is 12.4. The van der Waals surface area contributed by atoms with Crippen LogP contribution in [-0.2, 0) is 14.8 Å². The highest BCUT2D eigenvalue weighted by Gasteiger charge is 2.40. The lowest BCUT2D eigenvalue weighted by molar-refractivity contribution is -0.140. The summed E-state index contributed by atoms with van der Waals surface area (Å²) in [4.78, 5) is 11.0. The molecule has 3 N–H and O–H groups in total. The van der Waals surface area contributed by atoms with Crippen LogP contribution in [0.4, 0.5) is 5.69 Å². The molecule has 1 aliphatic heterocycles. The number of nitrogens with zero attached hydrogens (tertiary/aromatic N) is 1. The average molecular weight is 349 g/mol. The van der Waals surface area contributed by atoms with Crippen molar-refractivity contribution in [1.29, 1.82) is 0 Å². The highest BCUT2D eigenvalue weighted by atomic mass is 79.9. The average Bonchev–Trinajstić information content (AvgIpc) is 2.77. The Bertz CT molecular complexity index is 617. The van der Waals surface area contributed by atoms with Gasteiger partial charge in [0, 0.05) is 11.0 Å². The molecule has 1 aliphatic rings. The number of nitrogen functional groups attached to an aromatic ring is 1. The molecule has 0 saturated carbocycles. The topological polar surface area (TPSA) is 101 Å². The number of halogens is 1. The highest BCUT2D eigenvalue weighted by molar-refractivity contribution is 9.10. The number of hydrogen-bond acceptors (Lipinski definition) is 4. The van der Waals surface area contributed by atoms with Crippen molar-refractivity contribution >= 4 is 37.6 Å². The SMILES string of the molecule is Nc1cc(Br)ccc1S(=O)(=O)N1CCC[C@H]1C(=O)O. The summed E-state index contributed by atoms with van der Waals surface area (Å²) < 4.78 is 26.6. The second-order valence-corrected chi connectivity index (χ2v) is 7.07. The molecule has 104 valence electrons. The number of anilines is 1. The predicted molar refractivity (Wildman–Crippen MR) is 73.1 cm³/mol. The van der Waals surface area contributed by atoms with Gasteiger partial charge in [-0.3, -0.25) is 4.79 Å². The van der Waals surface area contributed by atoms with E-state index in [2.05, 4.69) is 15.9 Å².